The molecule has 1 aromatic carbocycles. The zero-order chi connectivity index (χ0) is 13.8. The number of nitro benzene ring substituents is 1. The predicted molar refractivity (Wildman–Crippen MR) is 78.2 cm³/mol. The molecule has 1 saturated heterocycles. The summed E-state index contributed by atoms with van der Waals surface area (Å²) in [5.74, 6) is 0. The Morgan fingerprint density at radius 2 is 2.37 bits per heavy atom. The molecule has 1 aromatic rings. The highest BCUT2D eigenvalue weighted by Gasteiger charge is 2.20. The van der Waals surface area contributed by atoms with Gasteiger partial charge in [0.25, 0.3) is 5.69 Å². The molecule has 0 amide bonds. The van der Waals surface area contributed by atoms with Crippen LogP contribution in [0.4, 0.5) is 5.69 Å². The van der Waals surface area contributed by atoms with Gasteiger partial charge in [-0.05, 0) is 47.9 Å². The molecule has 1 aliphatic rings. The predicted octanol–water partition coefficient (Wildman–Crippen LogP) is 2.54. The molecule has 1 heterocycles. The lowest BCUT2D eigenvalue weighted by molar-refractivity contribution is -0.385. The molecule has 0 aliphatic carbocycles. The molecule has 0 aromatic heterocycles. The van der Waals surface area contributed by atoms with Gasteiger partial charge >= 0.3 is 0 Å². The van der Waals surface area contributed by atoms with E-state index in [-0.39, 0.29) is 10.6 Å². The summed E-state index contributed by atoms with van der Waals surface area (Å²) < 4.78 is 0.576. The first-order chi connectivity index (χ1) is 9.09. The lowest BCUT2D eigenvalue weighted by atomic mass is 10.2. The molecule has 19 heavy (non-hydrogen) atoms. The Labute approximate surface area is 121 Å². The monoisotopic (exact) mass is 327 g/mol. The molecule has 1 fully saturated rings. The van der Waals surface area contributed by atoms with Crippen molar-refractivity contribution in [1.82, 2.24) is 10.2 Å². The second-order valence-electron chi connectivity index (χ2n) is 4.91. The van der Waals surface area contributed by atoms with Gasteiger partial charge < -0.3 is 10.2 Å². The fraction of sp³-hybridized carbons (Fsp3) is 0.538. The number of hydrogen-bond acceptors (Lipinski definition) is 4. The highest BCUT2D eigenvalue weighted by molar-refractivity contribution is 9.10. The van der Waals surface area contributed by atoms with Crippen molar-refractivity contribution in [3.8, 4) is 0 Å². The molecule has 5 nitrogen and oxygen atoms in total. The van der Waals surface area contributed by atoms with Gasteiger partial charge in [-0.1, -0.05) is 12.1 Å². The van der Waals surface area contributed by atoms with Crippen LogP contribution in [0.5, 0.6) is 0 Å². The van der Waals surface area contributed by atoms with E-state index in [2.05, 4.69) is 33.2 Å². The molecule has 0 saturated carbocycles. The lowest BCUT2D eigenvalue weighted by Crippen LogP contribution is -2.35. The molecule has 1 atom stereocenters. The maximum absolute atomic E-state index is 10.8. The number of nitro groups is 1. The molecule has 0 bridgehead atoms. The van der Waals surface area contributed by atoms with E-state index >= 15 is 0 Å². The Hall–Kier alpha value is -0.980. The summed E-state index contributed by atoms with van der Waals surface area (Å²) >= 11 is 3.32. The first kappa shape index (κ1) is 14.4. The average molecular weight is 328 g/mol. The molecule has 1 N–H and O–H groups in total. The van der Waals surface area contributed by atoms with Crippen LogP contribution >= 0.6 is 15.9 Å². The summed E-state index contributed by atoms with van der Waals surface area (Å²) in [6.07, 6.45) is 2.48. The first-order valence-electron chi connectivity index (χ1n) is 6.42. The van der Waals surface area contributed by atoms with Crippen molar-refractivity contribution >= 4 is 21.6 Å². The number of nitrogens with one attached hydrogen (secondary N) is 1. The second-order valence-corrected chi connectivity index (χ2v) is 5.71. The topological polar surface area (TPSA) is 58.4 Å². The Morgan fingerprint density at radius 3 is 3.00 bits per heavy atom. The minimum absolute atomic E-state index is 0.122. The molecule has 104 valence electrons. The van der Waals surface area contributed by atoms with E-state index < -0.39 is 0 Å². The van der Waals surface area contributed by atoms with Crippen LogP contribution in [0.25, 0.3) is 0 Å². The molecule has 1 aliphatic heterocycles. The van der Waals surface area contributed by atoms with Crippen LogP contribution in [0.1, 0.15) is 18.4 Å². The van der Waals surface area contributed by atoms with E-state index in [4.69, 9.17) is 0 Å². The van der Waals surface area contributed by atoms with Crippen LogP contribution in [0.2, 0.25) is 0 Å². The van der Waals surface area contributed by atoms with Crippen molar-refractivity contribution in [3.05, 3.63) is 38.3 Å². The summed E-state index contributed by atoms with van der Waals surface area (Å²) in [6.45, 7) is 2.73. The molecule has 1 unspecified atom stereocenters. The van der Waals surface area contributed by atoms with Crippen molar-refractivity contribution in [2.45, 2.75) is 25.4 Å². The lowest BCUT2D eigenvalue weighted by Gasteiger charge is -2.19. The number of benzene rings is 1. The number of halogens is 1. The van der Waals surface area contributed by atoms with Gasteiger partial charge in [-0.15, -0.1) is 0 Å². The Kier molecular flexibility index (Phi) is 4.90. The standard InChI is InChI=1S/C13H18BrN3O2/c1-16-7-3-5-11(16)9-15-8-10-4-2-6-12(13(10)14)17(18)19/h2,4,6,11,15H,3,5,7-9H2,1H3. The highest BCUT2D eigenvalue weighted by Crippen LogP contribution is 2.28. The van der Waals surface area contributed by atoms with Crippen LogP contribution in [0, 0.1) is 10.1 Å². The Balaban J connectivity index is 1.92. The Morgan fingerprint density at radius 1 is 1.58 bits per heavy atom. The summed E-state index contributed by atoms with van der Waals surface area (Å²) in [7, 11) is 2.14. The number of likely N-dealkylation sites (tertiary alicyclic amines) is 1. The van der Waals surface area contributed by atoms with Gasteiger partial charge in [0.1, 0.15) is 0 Å². The minimum atomic E-state index is -0.363. The third-order valence-electron chi connectivity index (χ3n) is 3.62. The van der Waals surface area contributed by atoms with Crippen molar-refractivity contribution in [2.75, 3.05) is 20.1 Å². The van der Waals surface area contributed by atoms with Gasteiger partial charge in [0.2, 0.25) is 0 Å². The van der Waals surface area contributed by atoms with Crippen LogP contribution in [0.3, 0.4) is 0 Å². The molecule has 2 rings (SSSR count). The number of rotatable bonds is 5. The van der Waals surface area contributed by atoms with E-state index in [0.717, 1.165) is 18.7 Å². The minimum Gasteiger partial charge on any atom is -0.311 e. The third kappa shape index (κ3) is 3.52. The van der Waals surface area contributed by atoms with Crippen LogP contribution in [-0.2, 0) is 6.54 Å². The summed E-state index contributed by atoms with van der Waals surface area (Å²) in [6, 6.07) is 5.72. The number of likely N-dealkylation sites (N-methyl/N-ethyl adjacent to an activating group) is 1. The fourth-order valence-corrected chi connectivity index (χ4v) is 3.00. The van der Waals surface area contributed by atoms with Crippen molar-refractivity contribution in [3.63, 3.8) is 0 Å². The third-order valence-corrected chi connectivity index (χ3v) is 4.54. The van der Waals surface area contributed by atoms with E-state index in [1.165, 1.54) is 18.9 Å². The fourth-order valence-electron chi connectivity index (χ4n) is 2.45. The van der Waals surface area contributed by atoms with Crippen molar-refractivity contribution in [1.29, 1.82) is 0 Å². The largest absolute Gasteiger partial charge is 0.311 e. The van der Waals surface area contributed by atoms with Crippen LogP contribution < -0.4 is 5.32 Å². The van der Waals surface area contributed by atoms with Crippen LogP contribution in [-0.4, -0.2) is 36.0 Å². The maximum Gasteiger partial charge on any atom is 0.283 e. The van der Waals surface area contributed by atoms with Gasteiger partial charge in [-0.3, -0.25) is 10.1 Å². The second kappa shape index (κ2) is 6.45. The average Bonchev–Trinajstić information content (AvgIpc) is 2.77. The van der Waals surface area contributed by atoms with Crippen LogP contribution in [0.15, 0.2) is 22.7 Å². The summed E-state index contributed by atoms with van der Waals surface area (Å²) in [5, 5.41) is 14.2. The van der Waals surface area contributed by atoms with E-state index in [1.807, 2.05) is 6.07 Å². The molecule has 0 spiro atoms. The van der Waals surface area contributed by atoms with Crippen molar-refractivity contribution in [2.24, 2.45) is 0 Å². The maximum atomic E-state index is 10.8. The van der Waals surface area contributed by atoms with Gasteiger partial charge in [0.15, 0.2) is 0 Å². The van der Waals surface area contributed by atoms with E-state index in [0.29, 0.717) is 17.1 Å². The van der Waals surface area contributed by atoms with E-state index in [9.17, 15) is 10.1 Å². The zero-order valence-electron chi connectivity index (χ0n) is 10.9. The molecular formula is C13H18BrN3O2. The molecule has 6 heteroatoms. The van der Waals surface area contributed by atoms with Gasteiger partial charge in [-0.25, -0.2) is 0 Å². The van der Waals surface area contributed by atoms with Gasteiger partial charge in [0.05, 0.1) is 9.40 Å². The summed E-state index contributed by atoms with van der Waals surface area (Å²) in [5.41, 5.74) is 1.05. The molecule has 0 radical (unpaired) electrons. The number of hydrogen-bond donors (Lipinski definition) is 1. The van der Waals surface area contributed by atoms with Gasteiger partial charge in [-0.2, -0.15) is 0 Å². The van der Waals surface area contributed by atoms with Crippen molar-refractivity contribution < 1.29 is 4.92 Å². The molecular weight excluding hydrogens is 310 g/mol. The van der Waals surface area contributed by atoms with E-state index in [1.54, 1.807) is 6.07 Å². The normalized spacial score (nSPS) is 19.8. The van der Waals surface area contributed by atoms with Gasteiger partial charge in [0, 0.05) is 25.2 Å². The smallest absolute Gasteiger partial charge is 0.283 e. The zero-order valence-corrected chi connectivity index (χ0v) is 12.5. The Bertz CT molecular complexity index is 467. The SMILES string of the molecule is CN1CCCC1CNCc1cccc([N+](=O)[O-])c1Br. The first-order valence-corrected chi connectivity index (χ1v) is 7.21. The highest BCUT2D eigenvalue weighted by atomic mass is 79.9. The quantitative estimate of drug-likeness (QED) is 0.667. The number of nitrogens with zero attached hydrogens (tertiary/aromatic N) is 2. The summed E-state index contributed by atoms with van der Waals surface area (Å²) in [4.78, 5) is 12.8.